The lowest BCUT2D eigenvalue weighted by atomic mass is 9.94. The molecule has 0 bridgehead atoms. The van der Waals surface area contributed by atoms with Crippen molar-refractivity contribution in [3.8, 4) is 17.2 Å². The first-order valence-electron chi connectivity index (χ1n) is 9.97. The average molecular weight is 428 g/mol. The van der Waals surface area contributed by atoms with Gasteiger partial charge in [0.05, 0.1) is 17.9 Å². The number of rotatable bonds is 10. The zero-order valence-corrected chi connectivity index (χ0v) is 17.5. The molecule has 31 heavy (non-hydrogen) atoms. The Morgan fingerprint density at radius 3 is 2.55 bits per heavy atom. The SMILES string of the molecule is CCOC(=O)c1c(C)nc(NCCCCCC(=O)NO)c(C#N)c1-c1ccc(F)cc1. The number of benzene rings is 1. The number of esters is 1. The topological polar surface area (TPSA) is 124 Å². The third kappa shape index (κ3) is 6.23. The Balaban J connectivity index is 2.34. The number of halogens is 1. The normalized spacial score (nSPS) is 10.3. The number of nitriles is 1. The van der Waals surface area contributed by atoms with E-state index in [2.05, 4.69) is 16.4 Å². The van der Waals surface area contributed by atoms with Crippen molar-refractivity contribution in [2.45, 2.75) is 39.5 Å². The molecule has 0 aliphatic rings. The van der Waals surface area contributed by atoms with E-state index in [-0.39, 0.29) is 24.2 Å². The fourth-order valence-corrected chi connectivity index (χ4v) is 3.15. The van der Waals surface area contributed by atoms with Gasteiger partial charge < -0.3 is 10.1 Å². The molecule has 2 rings (SSSR count). The summed E-state index contributed by atoms with van der Waals surface area (Å²) in [6, 6.07) is 7.64. The van der Waals surface area contributed by atoms with Crippen LogP contribution in [0, 0.1) is 24.1 Å². The fourth-order valence-electron chi connectivity index (χ4n) is 3.15. The summed E-state index contributed by atoms with van der Waals surface area (Å²) in [5.74, 6) is -1.15. The molecule has 0 unspecified atom stereocenters. The van der Waals surface area contributed by atoms with Crippen LogP contribution in [0.15, 0.2) is 24.3 Å². The lowest BCUT2D eigenvalue weighted by Gasteiger charge is -2.17. The molecule has 9 heteroatoms. The van der Waals surface area contributed by atoms with E-state index in [1.54, 1.807) is 19.3 Å². The van der Waals surface area contributed by atoms with E-state index in [1.165, 1.54) is 24.3 Å². The van der Waals surface area contributed by atoms with Crippen LogP contribution in [0.25, 0.3) is 11.1 Å². The van der Waals surface area contributed by atoms with Crippen molar-refractivity contribution in [1.82, 2.24) is 10.5 Å². The van der Waals surface area contributed by atoms with Crippen LogP contribution in [0.1, 0.15) is 54.2 Å². The smallest absolute Gasteiger partial charge is 0.340 e. The maximum Gasteiger partial charge on any atom is 0.340 e. The predicted octanol–water partition coefficient (Wildman–Crippen LogP) is 3.72. The Bertz CT molecular complexity index is 971. The molecule has 8 nitrogen and oxygen atoms in total. The monoisotopic (exact) mass is 428 g/mol. The number of aryl methyl sites for hydroxylation is 1. The van der Waals surface area contributed by atoms with Crippen LogP contribution in [-0.4, -0.2) is 35.2 Å². The summed E-state index contributed by atoms with van der Waals surface area (Å²) in [4.78, 5) is 28.0. The summed E-state index contributed by atoms with van der Waals surface area (Å²) < 4.78 is 18.6. The highest BCUT2D eigenvalue weighted by Gasteiger charge is 2.25. The zero-order valence-electron chi connectivity index (χ0n) is 17.5. The first kappa shape index (κ1) is 23.8. The number of ether oxygens (including phenoxy) is 1. The third-order valence-electron chi connectivity index (χ3n) is 4.60. The molecular formula is C22H25FN4O4. The summed E-state index contributed by atoms with van der Waals surface area (Å²) >= 11 is 0. The number of nitrogens with zero attached hydrogens (tertiary/aromatic N) is 2. The number of pyridine rings is 1. The molecule has 1 aromatic carbocycles. The maximum absolute atomic E-state index is 13.4. The summed E-state index contributed by atoms with van der Waals surface area (Å²) in [5, 5.41) is 21.5. The zero-order chi connectivity index (χ0) is 22.8. The van der Waals surface area contributed by atoms with E-state index >= 15 is 0 Å². The number of nitrogens with one attached hydrogen (secondary N) is 2. The van der Waals surface area contributed by atoms with E-state index in [9.17, 15) is 19.2 Å². The molecule has 3 N–H and O–H groups in total. The second-order valence-corrected chi connectivity index (χ2v) is 6.78. The molecule has 0 saturated heterocycles. The van der Waals surface area contributed by atoms with Crippen LogP contribution >= 0.6 is 0 Å². The summed E-state index contributed by atoms with van der Waals surface area (Å²) in [6.45, 7) is 3.99. The number of anilines is 1. The van der Waals surface area contributed by atoms with Gasteiger partial charge in [-0.3, -0.25) is 10.0 Å². The average Bonchev–Trinajstić information content (AvgIpc) is 2.76. The molecule has 0 saturated carbocycles. The second kappa shape index (κ2) is 11.6. The number of amides is 1. The predicted molar refractivity (Wildman–Crippen MR) is 112 cm³/mol. The van der Waals surface area contributed by atoms with Gasteiger partial charge in [-0.1, -0.05) is 18.6 Å². The molecule has 0 aliphatic carbocycles. The summed E-state index contributed by atoms with van der Waals surface area (Å²) in [6.07, 6.45) is 2.26. The van der Waals surface area contributed by atoms with Crippen LogP contribution in [0.2, 0.25) is 0 Å². The van der Waals surface area contributed by atoms with Gasteiger partial charge in [-0.15, -0.1) is 0 Å². The molecule has 0 aliphatic heterocycles. The van der Waals surface area contributed by atoms with Crippen LogP contribution in [0.4, 0.5) is 10.2 Å². The molecule has 2 aromatic rings. The third-order valence-corrected chi connectivity index (χ3v) is 4.60. The highest BCUT2D eigenvalue weighted by atomic mass is 19.1. The number of carbonyl (C=O) groups is 2. The Labute approximate surface area is 180 Å². The van der Waals surface area contributed by atoms with E-state index < -0.39 is 17.7 Å². The Hall–Kier alpha value is -3.51. The highest BCUT2D eigenvalue weighted by molar-refractivity contribution is 6.01. The van der Waals surface area contributed by atoms with Crippen molar-refractivity contribution >= 4 is 17.7 Å². The molecule has 164 valence electrons. The Morgan fingerprint density at radius 1 is 1.23 bits per heavy atom. The van der Waals surface area contributed by atoms with E-state index in [0.29, 0.717) is 42.0 Å². The number of hydrogen-bond acceptors (Lipinski definition) is 7. The maximum atomic E-state index is 13.4. The Kier molecular flexibility index (Phi) is 8.91. The minimum Gasteiger partial charge on any atom is -0.462 e. The molecular weight excluding hydrogens is 403 g/mol. The van der Waals surface area contributed by atoms with Crippen molar-refractivity contribution in [3.63, 3.8) is 0 Å². The summed E-state index contributed by atoms with van der Waals surface area (Å²) in [7, 11) is 0. The van der Waals surface area contributed by atoms with Crippen LogP contribution < -0.4 is 10.8 Å². The van der Waals surface area contributed by atoms with Gasteiger partial charge in [-0.2, -0.15) is 5.26 Å². The molecule has 1 amide bonds. The lowest BCUT2D eigenvalue weighted by Crippen LogP contribution is -2.18. The standard InChI is InChI=1S/C22H25FN4O4/c1-3-31-22(29)19-14(2)26-21(25-12-6-4-5-7-18(28)27-30)17(13-24)20(19)15-8-10-16(23)11-9-15/h8-11,30H,3-7,12H2,1-2H3,(H,25,26)(H,27,28). The van der Waals surface area contributed by atoms with Crippen LogP contribution in [0.3, 0.4) is 0 Å². The first-order chi connectivity index (χ1) is 14.9. The Morgan fingerprint density at radius 2 is 1.94 bits per heavy atom. The van der Waals surface area contributed by atoms with Gasteiger partial charge in [0.2, 0.25) is 5.91 Å². The van der Waals surface area contributed by atoms with Crippen molar-refractivity contribution in [2.75, 3.05) is 18.5 Å². The van der Waals surface area contributed by atoms with Crippen LogP contribution in [0.5, 0.6) is 0 Å². The molecule has 1 heterocycles. The first-order valence-corrected chi connectivity index (χ1v) is 9.97. The number of unbranched alkanes of at least 4 members (excludes halogenated alkanes) is 2. The van der Waals surface area contributed by atoms with Gasteiger partial charge in [0.1, 0.15) is 23.3 Å². The van der Waals surface area contributed by atoms with Crippen molar-refractivity contribution < 1.29 is 23.9 Å². The number of aromatic nitrogens is 1. The second-order valence-electron chi connectivity index (χ2n) is 6.78. The molecule has 0 radical (unpaired) electrons. The molecule has 1 aromatic heterocycles. The lowest BCUT2D eigenvalue weighted by molar-refractivity contribution is -0.129. The van der Waals surface area contributed by atoms with Gasteiger partial charge in [-0.25, -0.2) is 19.6 Å². The van der Waals surface area contributed by atoms with Gasteiger partial charge >= 0.3 is 5.97 Å². The molecule has 0 spiro atoms. The summed E-state index contributed by atoms with van der Waals surface area (Å²) in [5.41, 5.74) is 3.16. The van der Waals surface area contributed by atoms with Gasteiger partial charge in [0.15, 0.2) is 0 Å². The van der Waals surface area contributed by atoms with Gasteiger partial charge in [0.25, 0.3) is 0 Å². The van der Waals surface area contributed by atoms with E-state index in [0.717, 1.165) is 6.42 Å². The molecule has 0 fully saturated rings. The van der Waals surface area contributed by atoms with Crippen molar-refractivity contribution in [1.29, 1.82) is 5.26 Å². The quantitative estimate of drug-likeness (QED) is 0.228. The highest BCUT2D eigenvalue weighted by Crippen LogP contribution is 2.34. The molecule has 0 atom stereocenters. The number of carbonyl (C=O) groups excluding carboxylic acids is 2. The van der Waals surface area contributed by atoms with E-state index in [1.807, 2.05) is 0 Å². The minimum absolute atomic E-state index is 0.164. The van der Waals surface area contributed by atoms with Crippen LogP contribution in [-0.2, 0) is 9.53 Å². The van der Waals surface area contributed by atoms with Gasteiger partial charge in [0, 0.05) is 18.5 Å². The van der Waals surface area contributed by atoms with Gasteiger partial charge in [-0.05, 0) is 44.4 Å². The number of hydroxylamine groups is 1. The number of hydrogen-bond donors (Lipinski definition) is 3. The largest absolute Gasteiger partial charge is 0.462 e. The fraction of sp³-hybridized carbons (Fsp3) is 0.364. The van der Waals surface area contributed by atoms with E-state index in [4.69, 9.17) is 9.94 Å². The van der Waals surface area contributed by atoms with Crippen molar-refractivity contribution in [2.24, 2.45) is 0 Å². The van der Waals surface area contributed by atoms with Crippen molar-refractivity contribution in [3.05, 3.63) is 46.9 Å². The minimum atomic E-state index is -0.600.